The van der Waals surface area contributed by atoms with E-state index in [1.807, 2.05) is 12.1 Å². The van der Waals surface area contributed by atoms with Crippen molar-refractivity contribution in [1.82, 2.24) is 19.9 Å². The van der Waals surface area contributed by atoms with Crippen LogP contribution in [-0.4, -0.2) is 39.3 Å². The van der Waals surface area contributed by atoms with Crippen molar-refractivity contribution in [3.8, 4) is 23.1 Å². The van der Waals surface area contributed by atoms with E-state index in [-0.39, 0.29) is 11.7 Å². The molecule has 0 bridgehead atoms. The first-order valence-corrected chi connectivity index (χ1v) is 8.52. The number of ether oxygens (including phenoxy) is 1. The quantitative estimate of drug-likeness (QED) is 0.566. The van der Waals surface area contributed by atoms with Crippen LogP contribution in [0.4, 0.5) is 0 Å². The Balaban J connectivity index is 0.000000257. The van der Waals surface area contributed by atoms with Crippen LogP contribution in [-0.2, 0) is 4.79 Å². The van der Waals surface area contributed by atoms with Gasteiger partial charge in [0, 0.05) is 24.4 Å². The highest BCUT2D eigenvalue weighted by molar-refractivity contribution is 5.83. The largest absolute Gasteiger partial charge is 0.508 e. The Kier molecular flexibility index (Phi) is 4.37. The van der Waals surface area contributed by atoms with Gasteiger partial charge in [0.1, 0.15) is 17.0 Å². The van der Waals surface area contributed by atoms with Gasteiger partial charge in [-0.05, 0) is 36.8 Å². The molecule has 0 saturated carbocycles. The lowest BCUT2D eigenvalue weighted by Crippen LogP contribution is -2.12. The number of fused-ring (bicyclic) bond motifs is 2. The van der Waals surface area contributed by atoms with Crippen molar-refractivity contribution in [2.45, 2.75) is 12.8 Å². The Morgan fingerprint density at radius 2 is 2.15 bits per heavy atom. The van der Waals surface area contributed by atoms with Gasteiger partial charge in [-0.2, -0.15) is 0 Å². The molecule has 1 amide bonds. The number of aromatic hydroxyl groups is 1. The maximum atomic E-state index is 10.1. The number of benzene rings is 1. The van der Waals surface area contributed by atoms with E-state index < -0.39 is 0 Å². The van der Waals surface area contributed by atoms with Crippen LogP contribution in [0.2, 0.25) is 0 Å². The molecule has 8 nitrogen and oxygen atoms in total. The van der Waals surface area contributed by atoms with Crippen LogP contribution in [0.1, 0.15) is 12.8 Å². The molecule has 27 heavy (non-hydrogen) atoms. The molecule has 1 aromatic carbocycles. The number of amides is 1. The fourth-order valence-corrected chi connectivity index (χ4v) is 2.86. The predicted octanol–water partition coefficient (Wildman–Crippen LogP) is 2.75. The molecule has 5 rings (SSSR count). The zero-order valence-corrected chi connectivity index (χ0v) is 14.7. The summed E-state index contributed by atoms with van der Waals surface area (Å²) in [6.45, 7) is 0.888. The number of aromatic nitrogens is 3. The standard InChI is InChI=1S/C15H11N3O3.C4H7NO/c1-20-15-5-4-14-16-8-11(18(14)17-15)13-7-9-6-10(19)2-3-12(9)21-13;6-4-2-1-3-5-4/h2-8,19H,1H3;1-3H2,(H,5,6). The minimum Gasteiger partial charge on any atom is -0.508 e. The zero-order valence-electron chi connectivity index (χ0n) is 14.7. The second-order valence-electron chi connectivity index (χ2n) is 6.08. The van der Waals surface area contributed by atoms with Gasteiger partial charge in [-0.15, -0.1) is 5.10 Å². The number of hydrogen-bond donors (Lipinski definition) is 2. The number of carbonyl (C=O) groups excluding carboxylic acids is 1. The van der Waals surface area contributed by atoms with E-state index in [1.165, 1.54) is 0 Å². The smallest absolute Gasteiger partial charge is 0.231 e. The predicted molar refractivity (Wildman–Crippen MR) is 98.7 cm³/mol. The highest BCUT2D eigenvalue weighted by Crippen LogP contribution is 2.30. The van der Waals surface area contributed by atoms with Crippen molar-refractivity contribution in [3.05, 3.63) is 42.6 Å². The molecule has 2 N–H and O–H groups in total. The molecule has 138 valence electrons. The van der Waals surface area contributed by atoms with E-state index >= 15 is 0 Å². The number of carbonyl (C=O) groups is 1. The van der Waals surface area contributed by atoms with E-state index in [2.05, 4.69) is 15.4 Å². The number of nitrogens with one attached hydrogen (secondary N) is 1. The third-order valence-corrected chi connectivity index (χ3v) is 4.20. The monoisotopic (exact) mass is 366 g/mol. The Labute approximate surface area is 154 Å². The van der Waals surface area contributed by atoms with Crippen LogP contribution in [0.3, 0.4) is 0 Å². The Morgan fingerprint density at radius 1 is 1.26 bits per heavy atom. The molecular weight excluding hydrogens is 348 g/mol. The number of phenolic OH excluding ortho intramolecular Hbond substituents is 1. The minimum atomic E-state index is 0.202. The topological polar surface area (TPSA) is 102 Å². The highest BCUT2D eigenvalue weighted by atomic mass is 16.5. The lowest BCUT2D eigenvalue weighted by molar-refractivity contribution is -0.119. The number of imidazole rings is 1. The van der Waals surface area contributed by atoms with Crippen LogP contribution in [0.15, 0.2) is 47.0 Å². The van der Waals surface area contributed by atoms with Crippen molar-refractivity contribution in [2.24, 2.45) is 0 Å². The van der Waals surface area contributed by atoms with Gasteiger partial charge >= 0.3 is 0 Å². The van der Waals surface area contributed by atoms with E-state index in [0.717, 1.165) is 30.5 Å². The maximum Gasteiger partial charge on any atom is 0.231 e. The third-order valence-electron chi connectivity index (χ3n) is 4.20. The van der Waals surface area contributed by atoms with E-state index in [1.54, 1.807) is 42.1 Å². The summed E-state index contributed by atoms with van der Waals surface area (Å²) in [5.41, 5.74) is 2.12. The molecule has 1 fully saturated rings. The summed E-state index contributed by atoms with van der Waals surface area (Å²) in [7, 11) is 1.56. The molecule has 0 radical (unpaired) electrons. The molecule has 8 heteroatoms. The summed E-state index contributed by atoms with van der Waals surface area (Å²) < 4.78 is 12.6. The zero-order chi connectivity index (χ0) is 18.8. The summed E-state index contributed by atoms with van der Waals surface area (Å²) >= 11 is 0. The van der Waals surface area contributed by atoms with Crippen LogP contribution in [0.25, 0.3) is 28.1 Å². The summed E-state index contributed by atoms with van der Waals surface area (Å²) in [4.78, 5) is 14.4. The Bertz CT molecular complexity index is 1110. The lowest BCUT2D eigenvalue weighted by Gasteiger charge is -2.00. The molecule has 1 aliphatic rings. The van der Waals surface area contributed by atoms with Crippen LogP contribution >= 0.6 is 0 Å². The molecule has 0 spiro atoms. The van der Waals surface area contributed by atoms with E-state index in [0.29, 0.717) is 22.9 Å². The molecule has 1 saturated heterocycles. The molecule has 1 aliphatic heterocycles. The SMILES string of the molecule is COc1ccc2ncc(-c3cc4cc(O)ccc4o3)n2n1.O=C1CCCN1. The average Bonchev–Trinajstić information content (AvgIpc) is 3.40. The molecule has 0 aliphatic carbocycles. The van der Waals surface area contributed by atoms with Gasteiger partial charge < -0.3 is 19.6 Å². The lowest BCUT2D eigenvalue weighted by atomic mass is 10.2. The van der Waals surface area contributed by atoms with Crippen LogP contribution < -0.4 is 10.1 Å². The average molecular weight is 366 g/mol. The maximum absolute atomic E-state index is 10.1. The van der Waals surface area contributed by atoms with Gasteiger partial charge in [-0.25, -0.2) is 9.50 Å². The molecule has 4 heterocycles. The van der Waals surface area contributed by atoms with Crippen molar-refractivity contribution >= 4 is 22.5 Å². The summed E-state index contributed by atoms with van der Waals surface area (Å²) in [6, 6.07) is 10.4. The van der Waals surface area contributed by atoms with Gasteiger partial charge in [0.25, 0.3) is 0 Å². The van der Waals surface area contributed by atoms with Crippen molar-refractivity contribution < 1.29 is 19.1 Å². The summed E-state index contributed by atoms with van der Waals surface area (Å²) in [5.74, 6) is 1.53. The van der Waals surface area contributed by atoms with Crippen molar-refractivity contribution in [2.75, 3.05) is 13.7 Å². The Hall–Kier alpha value is -3.55. The van der Waals surface area contributed by atoms with Crippen LogP contribution in [0, 0.1) is 0 Å². The molecular formula is C19H18N4O4. The van der Waals surface area contributed by atoms with Gasteiger partial charge in [0.05, 0.1) is 13.3 Å². The first-order chi connectivity index (χ1) is 13.1. The van der Waals surface area contributed by atoms with Gasteiger partial charge in [0.15, 0.2) is 11.4 Å². The van der Waals surface area contributed by atoms with Crippen molar-refractivity contribution in [3.63, 3.8) is 0 Å². The molecule has 3 aromatic heterocycles. The number of methoxy groups -OCH3 is 1. The van der Waals surface area contributed by atoms with Gasteiger partial charge in [-0.1, -0.05) is 0 Å². The van der Waals surface area contributed by atoms with Gasteiger partial charge in [0.2, 0.25) is 11.8 Å². The third kappa shape index (κ3) is 3.41. The number of furan rings is 1. The molecule has 0 unspecified atom stereocenters. The van der Waals surface area contributed by atoms with Gasteiger partial charge in [-0.3, -0.25) is 4.79 Å². The number of nitrogens with zero attached hydrogens (tertiary/aromatic N) is 3. The number of hydrogen-bond acceptors (Lipinski definition) is 6. The van der Waals surface area contributed by atoms with E-state index in [4.69, 9.17) is 9.15 Å². The van der Waals surface area contributed by atoms with Crippen molar-refractivity contribution in [1.29, 1.82) is 0 Å². The first-order valence-electron chi connectivity index (χ1n) is 8.52. The first kappa shape index (κ1) is 16.9. The van der Waals surface area contributed by atoms with E-state index in [9.17, 15) is 9.90 Å². The second-order valence-corrected chi connectivity index (χ2v) is 6.08. The highest BCUT2D eigenvalue weighted by Gasteiger charge is 2.13. The Morgan fingerprint density at radius 3 is 2.85 bits per heavy atom. The summed E-state index contributed by atoms with van der Waals surface area (Å²) in [5, 5.41) is 17.4. The molecule has 0 atom stereocenters. The fourth-order valence-electron chi connectivity index (χ4n) is 2.86. The minimum absolute atomic E-state index is 0.202. The molecule has 4 aromatic rings. The summed E-state index contributed by atoms with van der Waals surface area (Å²) in [6.07, 6.45) is 3.46. The van der Waals surface area contributed by atoms with Crippen LogP contribution in [0.5, 0.6) is 11.6 Å². The second kappa shape index (κ2) is 6.99. The number of rotatable bonds is 2. The normalized spacial score (nSPS) is 13.4. The number of phenols is 1. The fraction of sp³-hybridized carbons (Fsp3) is 0.211.